The highest BCUT2D eigenvalue weighted by Gasteiger charge is 2.26. The van der Waals surface area contributed by atoms with Crippen LogP contribution >= 0.6 is 23.2 Å². The molecule has 1 aliphatic rings. The summed E-state index contributed by atoms with van der Waals surface area (Å²) >= 11 is 12.2. The first-order chi connectivity index (χ1) is 17.0. The molecule has 1 unspecified atom stereocenters. The molecule has 1 saturated heterocycles. The number of rotatable bonds is 14. The molecule has 11 heteroatoms. The SMILES string of the molecule is COOOOOCCNc1ccc(C(CN2CCCC2)N(C)C(=O)Cc2ccc(Cl)c(Cl)c2)cc1. The summed E-state index contributed by atoms with van der Waals surface area (Å²) in [5.74, 6) is 0.0200. The quantitative estimate of drug-likeness (QED) is 0.216. The molecule has 1 aliphatic heterocycles. The van der Waals surface area contributed by atoms with Gasteiger partial charge in [-0.05, 0) is 76.4 Å². The Balaban J connectivity index is 1.61. The molecular weight excluding hydrogens is 497 g/mol. The van der Waals surface area contributed by atoms with Gasteiger partial charge in [0, 0.05) is 25.8 Å². The van der Waals surface area contributed by atoms with Gasteiger partial charge in [-0.15, -0.1) is 0 Å². The number of carbonyl (C=O) groups is 1. The molecular formula is C24H31Cl2N3O6. The van der Waals surface area contributed by atoms with Crippen molar-refractivity contribution in [2.45, 2.75) is 25.3 Å². The molecule has 0 aliphatic carbocycles. The van der Waals surface area contributed by atoms with Crippen molar-refractivity contribution in [1.82, 2.24) is 9.80 Å². The third kappa shape index (κ3) is 8.89. The third-order valence-electron chi connectivity index (χ3n) is 5.81. The Bertz CT molecular complexity index is 928. The van der Waals surface area contributed by atoms with Gasteiger partial charge in [-0.25, -0.2) is 9.78 Å². The molecule has 1 heterocycles. The number of carbonyl (C=O) groups excluding carboxylic acids is 1. The first-order valence-corrected chi connectivity index (χ1v) is 12.1. The van der Waals surface area contributed by atoms with E-state index in [1.165, 1.54) is 20.0 Å². The Labute approximate surface area is 215 Å². The van der Waals surface area contributed by atoms with Gasteiger partial charge >= 0.3 is 0 Å². The summed E-state index contributed by atoms with van der Waals surface area (Å²) in [6.07, 6.45) is 2.63. The van der Waals surface area contributed by atoms with Gasteiger partial charge in [-0.1, -0.05) is 41.4 Å². The molecule has 35 heavy (non-hydrogen) atoms. The van der Waals surface area contributed by atoms with Crippen molar-refractivity contribution in [2.75, 3.05) is 52.3 Å². The van der Waals surface area contributed by atoms with E-state index in [1.54, 1.807) is 12.1 Å². The number of nitrogens with one attached hydrogen (secondary N) is 1. The minimum atomic E-state index is -0.0768. The van der Waals surface area contributed by atoms with Crippen LogP contribution in [0.1, 0.15) is 30.0 Å². The van der Waals surface area contributed by atoms with E-state index in [1.807, 2.05) is 42.3 Å². The van der Waals surface area contributed by atoms with Gasteiger partial charge in [0.2, 0.25) is 5.91 Å². The molecule has 0 bridgehead atoms. The molecule has 1 N–H and O–H groups in total. The van der Waals surface area contributed by atoms with Crippen LogP contribution in [0.15, 0.2) is 42.5 Å². The van der Waals surface area contributed by atoms with Crippen molar-refractivity contribution in [3.05, 3.63) is 63.6 Å². The van der Waals surface area contributed by atoms with Crippen LogP contribution in [0.4, 0.5) is 5.69 Å². The summed E-state index contributed by atoms with van der Waals surface area (Å²) in [5.41, 5.74) is 2.81. The van der Waals surface area contributed by atoms with Crippen LogP contribution in [0.25, 0.3) is 0 Å². The van der Waals surface area contributed by atoms with E-state index in [-0.39, 0.29) is 25.0 Å². The summed E-state index contributed by atoms with van der Waals surface area (Å²) in [6, 6.07) is 13.3. The van der Waals surface area contributed by atoms with Crippen LogP contribution in [-0.2, 0) is 36.1 Å². The Morgan fingerprint density at radius 1 is 1.06 bits per heavy atom. The van der Waals surface area contributed by atoms with Crippen molar-refractivity contribution >= 4 is 34.8 Å². The van der Waals surface area contributed by atoms with Crippen LogP contribution in [0.3, 0.4) is 0 Å². The first-order valence-electron chi connectivity index (χ1n) is 11.4. The van der Waals surface area contributed by atoms with Crippen molar-refractivity contribution in [1.29, 1.82) is 0 Å². The lowest BCUT2D eigenvalue weighted by atomic mass is 10.0. The van der Waals surface area contributed by atoms with E-state index in [0.717, 1.165) is 36.4 Å². The number of amides is 1. The summed E-state index contributed by atoms with van der Waals surface area (Å²) in [7, 11) is 3.13. The van der Waals surface area contributed by atoms with Crippen molar-refractivity contribution in [3.63, 3.8) is 0 Å². The number of anilines is 1. The van der Waals surface area contributed by atoms with Gasteiger partial charge in [0.1, 0.15) is 6.61 Å². The standard InChI is InChI=1S/C24H31Cl2N3O6/c1-28(24(30)16-18-5-10-21(25)22(26)15-18)23(17-29-12-3-4-13-29)19-6-8-20(9-7-19)27-11-14-32-34-35-33-31-2/h5-10,15,23,27H,3-4,11-14,16-17H2,1-2H3. The van der Waals surface area contributed by atoms with Gasteiger partial charge in [-0.3, -0.25) is 4.79 Å². The molecule has 0 radical (unpaired) electrons. The van der Waals surface area contributed by atoms with Crippen LogP contribution in [-0.4, -0.2) is 62.7 Å². The molecule has 1 atom stereocenters. The first kappa shape index (κ1) is 27.6. The van der Waals surface area contributed by atoms with E-state index in [9.17, 15) is 4.79 Å². The summed E-state index contributed by atoms with van der Waals surface area (Å²) in [5, 5.41) is 16.6. The van der Waals surface area contributed by atoms with Gasteiger partial charge < -0.3 is 15.1 Å². The summed E-state index contributed by atoms with van der Waals surface area (Å²) in [4.78, 5) is 26.4. The molecule has 2 aromatic carbocycles. The predicted octanol–water partition coefficient (Wildman–Crippen LogP) is 4.62. The number of nitrogens with zero attached hydrogens (tertiary/aromatic N) is 2. The van der Waals surface area contributed by atoms with Crippen LogP contribution in [0, 0.1) is 0 Å². The number of likely N-dealkylation sites (N-methyl/N-ethyl adjacent to an activating group) is 1. The predicted molar refractivity (Wildman–Crippen MR) is 132 cm³/mol. The molecule has 0 aromatic heterocycles. The second-order valence-electron chi connectivity index (χ2n) is 8.19. The van der Waals surface area contributed by atoms with Crippen molar-refractivity contribution in [3.8, 4) is 0 Å². The topological polar surface area (TPSA) is 81.7 Å². The lowest BCUT2D eigenvalue weighted by Crippen LogP contribution is -2.39. The van der Waals surface area contributed by atoms with E-state index in [4.69, 9.17) is 28.1 Å². The number of hydrogen-bond acceptors (Lipinski definition) is 8. The lowest BCUT2D eigenvalue weighted by molar-refractivity contribution is -0.704. The lowest BCUT2D eigenvalue weighted by Gasteiger charge is -2.32. The molecule has 0 saturated carbocycles. The number of likely N-dealkylation sites (tertiary alicyclic amines) is 1. The van der Waals surface area contributed by atoms with E-state index < -0.39 is 0 Å². The third-order valence-corrected chi connectivity index (χ3v) is 6.55. The highest BCUT2D eigenvalue weighted by Crippen LogP contribution is 2.27. The number of benzene rings is 2. The smallest absolute Gasteiger partial charge is 0.227 e. The molecule has 1 amide bonds. The van der Waals surface area contributed by atoms with Crippen LogP contribution < -0.4 is 5.32 Å². The van der Waals surface area contributed by atoms with E-state index in [0.29, 0.717) is 16.6 Å². The normalized spacial score (nSPS) is 14.7. The minimum absolute atomic E-state index is 0.0200. The van der Waals surface area contributed by atoms with Gasteiger partial charge in [0.05, 0.1) is 29.6 Å². The summed E-state index contributed by atoms with van der Waals surface area (Å²) in [6.45, 7) is 3.58. The largest absolute Gasteiger partial charge is 0.383 e. The van der Waals surface area contributed by atoms with Gasteiger partial charge in [-0.2, -0.15) is 0 Å². The van der Waals surface area contributed by atoms with Crippen LogP contribution in [0.2, 0.25) is 10.0 Å². The van der Waals surface area contributed by atoms with Gasteiger partial charge in [0.25, 0.3) is 0 Å². The average molecular weight is 528 g/mol. The fraction of sp³-hybridized carbons (Fsp3) is 0.458. The molecule has 2 aromatic rings. The van der Waals surface area contributed by atoms with Crippen molar-refractivity contribution in [2.24, 2.45) is 0 Å². The summed E-state index contributed by atoms with van der Waals surface area (Å²) < 4.78 is 0. The fourth-order valence-electron chi connectivity index (χ4n) is 3.94. The highest BCUT2D eigenvalue weighted by molar-refractivity contribution is 6.42. The second kappa shape index (κ2) is 14.6. The maximum Gasteiger partial charge on any atom is 0.227 e. The molecule has 9 nitrogen and oxygen atoms in total. The molecule has 0 spiro atoms. The fourth-order valence-corrected chi connectivity index (χ4v) is 4.26. The minimum Gasteiger partial charge on any atom is -0.383 e. The van der Waals surface area contributed by atoms with E-state index in [2.05, 4.69) is 30.2 Å². The monoisotopic (exact) mass is 527 g/mol. The molecule has 192 valence electrons. The van der Waals surface area contributed by atoms with Crippen molar-refractivity contribution < 1.29 is 29.7 Å². The Morgan fingerprint density at radius 3 is 2.49 bits per heavy atom. The Kier molecular flexibility index (Phi) is 11.5. The Hall–Kier alpha value is -1.95. The Morgan fingerprint density at radius 2 is 1.80 bits per heavy atom. The zero-order valence-electron chi connectivity index (χ0n) is 19.9. The average Bonchev–Trinajstić information content (AvgIpc) is 3.38. The number of hydrogen-bond donors (Lipinski definition) is 1. The van der Waals surface area contributed by atoms with Gasteiger partial charge in [0.15, 0.2) is 0 Å². The molecule has 3 rings (SSSR count). The maximum absolute atomic E-state index is 13.2. The maximum atomic E-state index is 13.2. The zero-order chi connectivity index (χ0) is 25.0. The van der Waals surface area contributed by atoms with E-state index >= 15 is 0 Å². The number of halogens is 2. The van der Waals surface area contributed by atoms with Crippen LogP contribution in [0.5, 0.6) is 0 Å². The second-order valence-corrected chi connectivity index (χ2v) is 9.01. The highest BCUT2D eigenvalue weighted by atomic mass is 35.5. The zero-order valence-corrected chi connectivity index (χ0v) is 21.4. The molecule has 1 fully saturated rings.